The maximum absolute atomic E-state index is 4.54. The van der Waals surface area contributed by atoms with Crippen LogP contribution in [-0.4, -0.2) is 66.0 Å². The fourth-order valence-electron chi connectivity index (χ4n) is 3.95. The van der Waals surface area contributed by atoms with Gasteiger partial charge in [-0.2, -0.15) is 0 Å². The molecule has 2 aromatic rings. The first-order chi connectivity index (χ1) is 16.2. The number of benzene rings is 2. The van der Waals surface area contributed by atoms with E-state index in [9.17, 15) is 0 Å². The molecule has 2 aromatic carbocycles. The molecule has 0 spiro atoms. The third kappa shape index (κ3) is 7.56. The van der Waals surface area contributed by atoms with Gasteiger partial charge in [-0.25, -0.2) is 0 Å². The molecule has 2 aliphatic heterocycles. The molecule has 0 unspecified atom stereocenters. The lowest BCUT2D eigenvalue weighted by Gasteiger charge is -2.31. The maximum Gasteiger partial charge on any atom is 0.102 e. The smallest absolute Gasteiger partial charge is 0.102 e. The summed E-state index contributed by atoms with van der Waals surface area (Å²) >= 11 is 7.09. The van der Waals surface area contributed by atoms with E-state index in [-0.39, 0.29) is 0 Å². The Morgan fingerprint density at radius 2 is 1.03 bits per heavy atom. The van der Waals surface area contributed by atoms with Crippen LogP contribution in [0.4, 0.5) is 11.4 Å². The van der Waals surface area contributed by atoms with Gasteiger partial charge < -0.3 is 0 Å². The minimum Gasteiger partial charge on any atom is -0.272 e. The SMILES string of the molecule is Brc1ccccc1N=NN1CCCCN(CN2CCCCN(N=Nc3ccccc3Br)C2)C1. The highest BCUT2D eigenvalue weighted by Gasteiger charge is 2.20. The lowest BCUT2D eigenvalue weighted by atomic mass is 10.3. The summed E-state index contributed by atoms with van der Waals surface area (Å²) in [6.45, 7) is 6.44. The Balaban J connectivity index is 1.35. The van der Waals surface area contributed by atoms with Crippen molar-refractivity contribution in [1.82, 2.24) is 19.8 Å². The second-order valence-electron chi connectivity index (χ2n) is 8.37. The van der Waals surface area contributed by atoms with Crippen LogP contribution in [-0.2, 0) is 0 Å². The molecule has 0 aliphatic carbocycles. The predicted octanol–water partition coefficient (Wildman–Crippen LogP) is 6.58. The number of rotatable bonds is 6. The standard InChI is InChI=1S/C23H30Br2N8/c24-20-9-1-3-11-22(20)26-28-32-15-7-5-13-30(18-32)17-31-14-6-8-16-33(19-31)29-27-23-12-4-2-10-21(23)25/h1-4,9-12H,5-8,13-19H2. The van der Waals surface area contributed by atoms with Crippen molar-refractivity contribution in [3.8, 4) is 0 Å². The summed E-state index contributed by atoms with van der Waals surface area (Å²) in [5.41, 5.74) is 1.71. The van der Waals surface area contributed by atoms with Gasteiger partial charge in [-0.3, -0.25) is 19.8 Å². The Morgan fingerprint density at radius 3 is 1.48 bits per heavy atom. The van der Waals surface area contributed by atoms with Crippen LogP contribution in [0.15, 0.2) is 78.2 Å². The maximum atomic E-state index is 4.54. The molecule has 4 rings (SSSR count). The molecular weight excluding hydrogens is 548 g/mol. The third-order valence-electron chi connectivity index (χ3n) is 5.67. The summed E-state index contributed by atoms with van der Waals surface area (Å²) in [7, 11) is 0. The van der Waals surface area contributed by atoms with E-state index in [4.69, 9.17) is 0 Å². The van der Waals surface area contributed by atoms with Crippen LogP contribution < -0.4 is 0 Å². The minimum atomic E-state index is 0.781. The van der Waals surface area contributed by atoms with Crippen molar-refractivity contribution >= 4 is 43.2 Å². The van der Waals surface area contributed by atoms with Crippen molar-refractivity contribution in [2.75, 3.05) is 46.2 Å². The van der Waals surface area contributed by atoms with E-state index in [1.807, 2.05) is 48.5 Å². The third-order valence-corrected chi connectivity index (χ3v) is 7.01. The van der Waals surface area contributed by atoms with E-state index in [0.717, 1.165) is 79.3 Å². The molecule has 0 atom stereocenters. The normalized spacial score (nSPS) is 19.3. The van der Waals surface area contributed by atoms with Crippen LogP contribution in [0.1, 0.15) is 25.7 Å². The van der Waals surface area contributed by atoms with Crippen molar-refractivity contribution in [1.29, 1.82) is 0 Å². The molecular formula is C23H30Br2N8. The van der Waals surface area contributed by atoms with Crippen molar-refractivity contribution < 1.29 is 0 Å². The zero-order chi connectivity index (χ0) is 22.9. The first-order valence-corrected chi connectivity index (χ1v) is 13.0. The van der Waals surface area contributed by atoms with Gasteiger partial charge in [0.15, 0.2) is 0 Å². The lowest BCUT2D eigenvalue weighted by molar-refractivity contribution is 0.0535. The molecule has 33 heavy (non-hydrogen) atoms. The topological polar surface area (TPSA) is 62.4 Å². The molecule has 0 bridgehead atoms. The van der Waals surface area contributed by atoms with E-state index >= 15 is 0 Å². The van der Waals surface area contributed by atoms with Crippen LogP contribution in [0.5, 0.6) is 0 Å². The monoisotopic (exact) mass is 576 g/mol. The van der Waals surface area contributed by atoms with E-state index in [2.05, 4.69) is 72.4 Å². The second kappa shape index (κ2) is 12.5. The number of nitrogens with zero attached hydrogens (tertiary/aromatic N) is 8. The van der Waals surface area contributed by atoms with Crippen LogP contribution in [0.25, 0.3) is 0 Å². The van der Waals surface area contributed by atoms with Crippen molar-refractivity contribution in [2.45, 2.75) is 25.7 Å². The molecule has 0 aromatic heterocycles. The summed E-state index contributed by atoms with van der Waals surface area (Å²) < 4.78 is 1.92. The van der Waals surface area contributed by atoms with Gasteiger partial charge in [0.05, 0.1) is 20.0 Å². The van der Waals surface area contributed by atoms with Gasteiger partial charge in [-0.15, -0.1) is 10.2 Å². The summed E-state index contributed by atoms with van der Waals surface area (Å²) in [5, 5.41) is 22.2. The van der Waals surface area contributed by atoms with Gasteiger partial charge >= 0.3 is 0 Å². The molecule has 2 saturated heterocycles. The van der Waals surface area contributed by atoms with E-state index in [1.165, 1.54) is 12.8 Å². The number of halogens is 2. The first-order valence-electron chi connectivity index (χ1n) is 11.4. The summed E-state index contributed by atoms with van der Waals surface area (Å²) in [5.74, 6) is 0. The number of hydrogen-bond donors (Lipinski definition) is 0. The Hall–Kier alpha value is -1.88. The van der Waals surface area contributed by atoms with E-state index in [1.54, 1.807) is 0 Å². The molecule has 0 radical (unpaired) electrons. The largest absolute Gasteiger partial charge is 0.272 e. The zero-order valence-corrected chi connectivity index (χ0v) is 21.9. The molecule has 2 fully saturated rings. The van der Waals surface area contributed by atoms with Crippen molar-refractivity contribution in [3.63, 3.8) is 0 Å². The number of hydrogen-bond acceptors (Lipinski definition) is 6. The van der Waals surface area contributed by atoms with Crippen LogP contribution >= 0.6 is 31.9 Å². The molecule has 0 saturated carbocycles. The van der Waals surface area contributed by atoms with Gasteiger partial charge in [0.2, 0.25) is 0 Å². The van der Waals surface area contributed by atoms with Gasteiger partial charge in [0.1, 0.15) is 11.4 Å². The van der Waals surface area contributed by atoms with Crippen LogP contribution in [0.2, 0.25) is 0 Å². The minimum absolute atomic E-state index is 0.781. The van der Waals surface area contributed by atoms with E-state index < -0.39 is 0 Å². The summed E-state index contributed by atoms with van der Waals surface area (Å²) in [6, 6.07) is 15.8. The average Bonchev–Trinajstić information content (AvgIpc) is 3.18. The highest BCUT2D eigenvalue weighted by Crippen LogP contribution is 2.26. The summed E-state index contributed by atoms with van der Waals surface area (Å²) in [4.78, 5) is 4.92. The van der Waals surface area contributed by atoms with E-state index in [0.29, 0.717) is 0 Å². The molecule has 0 amide bonds. The fourth-order valence-corrected chi connectivity index (χ4v) is 4.68. The Bertz CT molecular complexity index is 878. The molecule has 2 heterocycles. The Labute approximate surface area is 212 Å². The fraction of sp³-hybridized carbons (Fsp3) is 0.478. The van der Waals surface area contributed by atoms with Gasteiger partial charge in [0, 0.05) is 35.1 Å². The lowest BCUT2D eigenvalue weighted by Crippen LogP contribution is -2.44. The molecule has 10 heteroatoms. The molecule has 0 N–H and O–H groups in total. The highest BCUT2D eigenvalue weighted by molar-refractivity contribution is 9.11. The van der Waals surface area contributed by atoms with Gasteiger partial charge in [-0.05, 0) is 81.8 Å². The second-order valence-corrected chi connectivity index (χ2v) is 10.1. The zero-order valence-electron chi connectivity index (χ0n) is 18.7. The predicted molar refractivity (Wildman–Crippen MR) is 137 cm³/mol. The van der Waals surface area contributed by atoms with Gasteiger partial charge in [-0.1, -0.05) is 34.7 Å². The van der Waals surface area contributed by atoms with Crippen LogP contribution in [0, 0.1) is 0 Å². The molecule has 8 nitrogen and oxygen atoms in total. The van der Waals surface area contributed by atoms with Gasteiger partial charge in [0.25, 0.3) is 0 Å². The Kier molecular flexibility index (Phi) is 9.22. The first kappa shape index (κ1) is 24.3. The van der Waals surface area contributed by atoms with Crippen LogP contribution in [0.3, 0.4) is 0 Å². The average molecular weight is 578 g/mol. The highest BCUT2D eigenvalue weighted by atomic mass is 79.9. The molecule has 2 aliphatic rings. The quantitative estimate of drug-likeness (QED) is 0.364. The van der Waals surface area contributed by atoms with Crippen molar-refractivity contribution in [2.24, 2.45) is 20.7 Å². The Morgan fingerprint density at radius 1 is 0.606 bits per heavy atom. The molecule has 176 valence electrons. The van der Waals surface area contributed by atoms with Crippen molar-refractivity contribution in [3.05, 3.63) is 57.5 Å². The summed E-state index contributed by atoms with van der Waals surface area (Å²) in [6.07, 6.45) is 4.58.